The van der Waals surface area contributed by atoms with Crippen molar-refractivity contribution in [2.24, 2.45) is 28.6 Å². The number of nitrogens with zero attached hydrogens (tertiary/aromatic N) is 2. The van der Waals surface area contributed by atoms with Crippen LogP contribution in [0.15, 0.2) is 0 Å². The lowest BCUT2D eigenvalue weighted by molar-refractivity contribution is -0.148. The van der Waals surface area contributed by atoms with Gasteiger partial charge >= 0.3 is 0 Å². The van der Waals surface area contributed by atoms with Crippen LogP contribution in [0.4, 0.5) is 0 Å². The Balaban J connectivity index is 2.06. The largest absolute Gasteiger partial charge is 0.341 e. The molecule has 0 radical (unpaired) electrons. The van der Waals surface area contributed by atoms with Gasteiger partial charge in [-0.3, -0.25) is 9.59 Å². The molecule has 2 saturated carbocycles. The van der Waals surface area contributed by atoms with Gasteiger partial charge in [0.2, 0.25) is 11.8 Å². The van der Waals surface area contributed by atoms with Gasteiger partial charge in [-0.25, -0.2) is 0 Å². The smallest absolute Gasteiger partial charge is 0.228 e. The maximum absolute atomic E-state index is 12.8. The topological polar surface area (TPSA) is 40.6 Å². The number of rotatable bonds is 0. The molecule has 4 fully saturated rings. The Hall–Kier alpha value is -0.770. The van der Waals surface area contributed by atoms with E-state index in [4.69, 9.17) is 11.6 Å². The van der Waals surface area contributed by atoms with Crippen molar-refractivity contribution in [3.8, 4) is 0 Å². The van der Waals surface area contributed by atoms with Crippen LogP contribution in [-0.4, -0.2) is 53.2 Å². The molecule has 8 atom stereocenters. The highest BCUT2D eigenvalue weighted by molar-refractivity contribution is 6.24. The summed E-state index contributed by atoms with van der Waals surface area (Å²) in [6.45, 7) is 6.62. The average molecular weight is 297 g/mol. The van der Waals surface area contributed by atoms with Crippen molar-refractivity contribution in [3.63, 3.8) is 0 Å². The molecular formula is C15H21ClN2O2. The molecule has 2 aliphatic heterocycles. The fourth-order valence-corrected chi connectivity index (χ4v) is 7.31. The predicted octanol–water partition coefficient (Wildman–Crippen LogP) is 1.18. The van der Waals surface area contributed by atoms with Crippen molar-refractivity contribution >= 4 is 23.4 Å². The van der Waals surface area contributed by atoms with Crippen molar-refractivity contribution in [2.75, 3.05) is 14.1 Å². The van der Waals surface area contributed by atoms with Gasteiger partial charge < -0.3 is 9.80 Å². The molecule has 110 valence electrons. The van der Waals surface area contributed by atoms with Crippen molar-refractivity contribution in [3.05, 3.63) is 0 Å². The third-order valence-electron chi connectivity index (χ3n) is 7.56. The summed E-state index contributed by atoms with van der Waals surface area (Å²) in [5.74, 6) is 0.338. The Labute approximate surface area is 124 Å². The van der Waals surface area contributed by atoms with Crippen LogP contribution < -0.4 is 0 Å². The molecule has 0 N–H and O–H groups in total. The van der Waals surface area contributed by atoms with E-state index in [0.717, 1.165) is 0 Å². The van der Waals surface area contributed by atoms with Crippen molar-refractivity contribution in [1.82, 2.24) is 9.80 Å². The second-order valence-electron chi connectivity index (χ2n) is 7.59. The molecule has 0 aromatic rings. The van der Waals surface area contributed by atoms with E-state index in [0.29, 0.717) is 0 Å². The van der Waals surface area contributed by atoms with Crippen LogP contribution >= 0.6 is 11.6 Å². The summed E-state index contributed by atoms with van der Waals surface area (Å²) in [7, 11) is 3.71. The maximum atomic E-state index is 12.8. The first kappa shape index (κ1) is 12.9. The lowest BCUT2D eigenvalue weighted by Gasteiger charge is -2.48. The quantitative estimate of drug-likeness (QED) is 0.630. The number of hydrogen-bond acceptors (Lipinski definition) is 2. The highest BCUT2D eigenvalue weighted by Gasteiger charge is 2.84. The minimum Gasteiger partial charge on any atom is -0.341 e. The molecule has 4 rings (SSSR count). The van der Waals surface area contributed by atoms with Crippen LogP contribution in [0.25, 0.3) is 0 Å². The maximum Gasteiger partial charge on any atom is 0.228 e. The van der Waals surface area contributed by atoms with Gasteiger partial charge in [-0.15, -0.1) is 11.6 Å². The number of amides is 2. The normalized spacial score (nSPS) is 59.9. The summed E-state index contributed by atoms with van der Waals surface area (Å²) in [5.41, 5.74) is -0.275. The summed E-state index contributed by atoms with van der Waals surface area (Å²) < 4.78 is 0. The molecule has 4 nitrogen and oxygen atoms in total. The molecule has 20 heavy (non-hydrogen) atoms. The van der Waals surface area contributed by atoms with Gasteiger partial charge in [-0.2, -0.15) is 0 Å². The van der Waals surface area contributed by atoms with Crippen LogP contribution in [0.5, 0.6) is 0 Å². The summed E-state index contributed by atoms with van der Waals surface area (Å²) >= 11 is 6.72. The highest BCUT2D eigenvalue weighted by atomic mass is 35.5. The third-order valence-corrected chi connectivity index (χ3v) is 8.05. The van der Waals surface area contributed by atoms with E-state index >= 15 is 0 Å². The van der Waals surface area contributed by atoms with E-state index in [1.165, 1.54) is 0 Å². The monoisotopic (exact) mass is 296 g/mol. The van der Waals surface area contributed by atoms with Crippen LogP contribution in [-0.2, 0) is 9.59 Å². The van der Waals surface area contributed by atoms with Crippen LogP contribution in [0.2, 0.25) is 0 Å². The number of fused-ring (bicyclic) bond motifs is 2. The van der Waals surface area contributed by atoms with Crippen LogP contribution in [0.3, 0.4) is 0 Å². The Morgan fingerprint density at radius 3 is 2.15 bits per heavy atom. The Bertz CT molecular complexity index is 552. The number of carbonyl (C=O) groups is 2. The SMILES string of the molecule is C[C@H]1C2C(=O)N(C)C3[C@@H](Cl)C4C(=O)N(C)C2[C@]4(C)[C@@]31C. The van der Waals surface area contributed by atoms with E-state index in [2.05, 4.69) is 20.8 Å². The van der Waals surface area contributed by atoms with Gasteiger partial charge in [0.1, 0.15) is 0 Å². The molecule has 4 unspecified atom stereocenters. The van der Waals surface area contributed by atoms with Crippen molar-refractivity contribution in [2.45, 2.75) is 38.2 Å². The molecule has 2 amide bonds. The first-order valence-corrected chi connectivity index (χ1v) is 7.81. The van der Waals surface area contributed by atoms with E-state index < -0.39 is 0 Å². The highest BCUT2D eigenvalue weighted by Crippen LogP contribution is 2.76. The molecule has 4 aliphatic rings. The fraction of sp³-hybridized carbons (Fsp3) is 0.867. The predicted molar refractivity (Wildman–Crippen MR) is 75.1 cm³/mol. The second kappa shape index (κ2) is 3.18. The summed E-state index contributed by atoms with van der Waals surface area (Å²) in [5, 5.41) is -0.275. The van der Waals surface area contributed by atoms with E-state index in [1.807, 2.05) is 23.9 Å². The number of carbonyl (C=O) groups excluding carboxylic acids is 2. The van der Waals surface area contributed by atoms with E-state index in [9.17, 15) is 9.59 Å². The van der Waals surface area contributed by atoms with Gasteiger partial charge in [0.15, 0.2) is 0 Å². The van der Waals surface area contributed by atoms with Crippen LogP contribution in [0.1, 0.15) is 20.8 Å². The fourth-order valence-electron chi connectivity index (χ4n) is 6.51. The zero-order chi connectivity index (χ0) is 14.8. The zero-order valence-corrected chi connectivity index (χ0v) is 13.3. The molecule has 2 aliphatic carbocycles. The number of piperidine rings is 1. The molecule has 2 bridgehead atoms. The van der Waals surface area contributed by atoms with Crippen LogP contribution in [0, 0.1) is 28.6 Å². The van der Waals surface area contributed by atoms with Crippen molar-refractivity contribution in [1.29, 1.82) is 0 Å². The first-order valence-electron chi connectivity index (χ1n) is 7.38. The second-order valence-corrected chi connectivity index (χ2v) is 8.09. The Kier molecular flexibility index (Phi) is 2.06. The lowest BCUT2D eigenvalue weighted by atomic mass is 9.62. The minimum atomic E-state index is -0.275. The number of likely N-dealkylation sites (tertiary alicyclic amines) is 2. The lowest BCUT2D eigenvalue weighted by Crippen LogP contribution is -2.58. The molecule has 2 heterocycles. The van der Waals surface area contributed by atoms with Gasteiger partial charge in [0.05, 0.1) is 29.3 Å². The number of halogens is 1. The minimum absolute atomic E-state index is 0.00343. The standard InChI is InChI=1S/C15H21ClN2O2/c1-6-7-10-15(3)8(13(20)17(10)4)9(16)11(14(6,15)2)18(5)12(7)19/h6-11H,1-5H3/t6-,7?,8?,9-,10?,11?,14+,15+/m0/s1. The summed E-state index contributed by atoms with van der Waals surface area (Å²) in [6, 6.07) is -0.0238. The average Bonchev–Trinajstić information content (AvgIpc) is 2.75. The van der Waals surface area contributed by atoms with Gasteiger partial charge in [0, 0.05) is 24.9 Å². The molecule has 5 heteroatoms. The number of hydrogen-bond donors (Lipinski definition) is 0. The molecule has 0 aromatic carbocycles. The Morgan fingerprint density at radius 1 is 1.00 bits per heavy atom. The molecule has 2 saturated heterocycles. The van der Waals surface area contributed by atoms with Gasteiger partial charge in [-0.05, 0) is 5.92 Å². The third kappa shape index (κ3) is 0.870. The molecule has 0 spiro atoms. The van der Waals surface area contributed by atoms with E-state index in [1.54, 1.807) is 0 Å². The summed E-state index contributed by atoms with van der Waals surface area (Å²) in [6.07, 6.45) is 0. The van der Waals surface area contributed by atoms with Crippen molar-refractivity contribution < 1.29 is 9.59 Å². The van der Waals surface area contributed by atoms with Gasteiger partial charge in [-0.1, -0.05) is 20.8 Å². The number of alkyl halides is 1. The van der Waals surface area contributed by atoms with E-state index in [-0.39, 0.29) is 57.9 Å². The summed E-state index contributed by atoms with van der Waals surface area (Å²) in [4.78, 5) is 29.1. The molecule has 0 aromatic heterocycles. The molecular weight excluding hydrogens is 276 g/mol. The van der Waals surface area contributed by atoms with Gasteiger partial charge in [0.25, 0.3) is 0 Å². The first-order chi connectivity index (χ1) is 9.20. The zero-order valence-electron chi connectivity index (χ0n) is 12.6. The Morgan fingerprint density at radius 2 is 1.55 bits per heavy atom.